The molecule has 0 bridgehead atoms. The maximum atomic E-state index is 3.78. The number of rotatable bonds is 7. The third-order valence-corrected chi connectivity index (χ3v) is 4.86. The Morgan fingerprint density at radius 2 is 2.05 bits per heavy atom. The summed E-state index contributed by atoms with van der Waals surface area (Å²) in [6.07, 6.45) is 4.66. The predicted molar refractivity (Wildman–Crippen MR) is 95.1 cm³/mol. The molecule has 2 unspecified atom stereocenters. The van der Waals surface area contributed by atoms with Gasteiger partial charge in [0, 0.05) is 37.5 Å². The van der Waals surface area contributed by atoms with Crippen molar-refractivity contribution >= 4 is 11.8 Å². The smallest absolute Gasteiger partial charge is 0.0262 e. The summed E-state index contributed by atoms with van der Waals surface area (Å²) in [4.78, 5) is 2.72. The van der Waals surface area contributed by atoms with Crippen molar-refractivity contribution in [2.75, 3.05) is 31.6 Å². The Kier molecular flexibility index (Phi) is 7.08. The molecule has 0 radical (unpaired) electrons. The van der Waals surface area contributed by atoms with E-state index in [1.54, 1.807) is 0 Å². The van der Waals surface area contributed by atoms with E-state index in [1.807, 2.05) is 11.8 Å². The molecule has 21 heavy (non-hydrogen) atoms. The fraction of sp³-hybridized carbons (Fsp3) is 0.667. The number of thioether (sulfide) groups is 1. The molecular weight excluding hydrogens is 276 g/mol. The van der Waals surface area contributed by atoms with Gasteiger partial charge in [0.1, 0.15) is 0 Å². The zero-order valence-corrected chi connectivity index (χ0v) is 14.5. The first-order valence-electron chi connectivity index (χ1n) is 8.19. The maximum Gasteiger partial charge on any atom is 0.0262 e. The summed E-state index contributed by atoms with van der Waals surface area (Å²) in [5, 5.41) is 3.78. The largest absolute Gasteiger partial charge is 0.311 e. The van der Waals surface area contributed by atoms with Crippen molar-refractivity contribution in [1.82, 2.24) is 10.2 Å². The number of nitrogens with zero attached hydrogens (tertiary/aromatic N) is 1. The fourth-order valence-corrected chi connectivity index (χ4v) is 3.64. The minimum Gasteiger partial charge on any atom is -0.311 e. The highest BCUT2D eigenvalue weighted by Crippen LogP contribution is 2.17. The van der Waals surface area contributed by atoms with Crippen LogP contribution in [-0.4, -0.2) is 48.6 Å². The van der Waals surface area contributed by atoms with Crippen LogP contribution < -0.4 is 5.32 Å². The maximum absolute atomic E-state index is 3.78. The molecule has 1 aromatic carbocycles. The van der Waals surface area contributed by atoms with Crippen LogP contribution in [0.25, 0.3) is 0 Å². The lowest BCUT2D eigenvalue weighted by molar-refractivity contribution is 0.129. The molecule has 1 aromatic rings. The lowest BCUT2D eigenvalue weighted by Gasteiger charge is -2.41. The highest BCUT2D eigenvalue weighted by atomic mass is 32.2. The van der Waals surface area contributed by atoms with Crippen LogP contribution in [0.15, 0.2) is 30.3 Å². The van der Waals surface area contributed by atoms with Gasteiger partial charge in [-0.1, -0.05) is 44.2 Å². The predicted octanol–water partition coefficient (Wildman–Crippen LogP) is 3.28. The molecule has 2 nitrogen and oxygen atoms in total. The molecule has 0 saturated carbocycles. The fourth-order valence-electron chi connectivity index (χ4n) is 3.23. The van der Waals surface area contributed by atoms with E-state index < -0.39 is 0 Å². The van der Waals surface area contributed by atoms with Crippen LogP contribution in [0.2, 0.25) is 0 Å². The van der Waals surface area contributed by atoms with E-state index in [9.17, 15) is 0 Å². The molecule has 2 atom stereocenters. The Morgan fingerprint density at radius 1 is 1.29 bits per heavy atom. The molecule has 1 heterocycles. The molecule has 1 N–H and O–H groups in total. The van der Waals surface area contributed by atoms with Crippen LogP contribution in [0.1, 0.15) is 25.8 Å². The Balaban J connectivity index is 1.95. The van der Waals surface area contributed by atoms with Crippen LogP contribution in [0.5, 0.6) is 0 Å². The number of hydrogen-bond donors (Lipinski definition) is 1. The van der Waals surface area contributed by atoms with E-state index in [0.717, 1.165) is 18.9 Å². The van der Waals surface area contributed by atoms with E-state index in [4.69, 9.17) is 0 Å². The summed E-state index contributed by atoms with van der Waals surface area (Å²) in [7, 11) is 0. The van der Waals surface area contributed by atoms with Gasteiger partial charge in [-0.3, -0.25) is 4.90 Å². The van der Waals surface area contributed by atoms with Crippen LogP contribution in [0.4, 0.5) is 0 Å². The monoisotopic (exact) mass is 306 g/mol. The van der Waals surface area contributed by atoms with Crippen molar-refractivity contribution in [3.63, 3.8) is 0 Å². The second-order valence-electron chi connectivity index (χ2n) is 6.57. The van der Waals surface area contributed by atoms with Gasteiger partial charge in [-0.25, -0.2) is 0 Å². The molecule has 0 aromatic heterocycles. The molecule has 1 saturated heterocycles. The third kappa shape index (κ3) is 5.65. The van der Waals surface area contributed by atoms with Crippen molar-refractivity contribution in [2.45, 2.75) is 38.8 Å². The molecule has 0 aliphatic carbocycles. The van der Waals surface area contributed by atoms with E-state index >= 15 is 0 Å². The van der Waals surface area contributed by atoms with E-state index in [0.29, 0.717) is 12.1 Å². The van der Waals surface area contributed by atoms with Gasteiger partial charge in [0.25, 0.3) is 0 Å². The van der Waals surface area contributed by atoms with Gasteiger partial charge in [-0.05, 0) is 30.6 Å². The summed E-state index contributed by atoms with van der Waals surface area (Å²) < 4.78 is 0. The zero-order valence-electron chi connectivity index (χ0n) is 13.7. The van der Waals surface area contributed by atoms with Crippen LogP contribution in [-0.2, 0) is 6.42 Å². The first kappa shape index (κ1) is 16.9. The van der Waals surface area contributed by atoms with Crippen molar-refractivity contribution in [3.8, 4) is 0 Å². The standard InChI is InChI=1S/C18H30N2S/c1-15(2)11-17-14-20(9-10-21-3)18(13-19-17)12-16-7-5-4-6-8-16/h4-8,15,17-19H,9-14H2,1-3H3. The number of nitrogens with one attached hydrogen (secondary N) is 1. The molecule has 0 amide bonds. The van der Waals surface area contributed by atoms with Gasteiger partial charge in [0.15, 0.2) is 0 Å². The van der Waals surface area contributed by atoms with Crippen molar-refractivity contribution < 1.29 is 0 Å². The molecular formula is C18H30N2S. The van der Waals surface area contributed by atoms with E-state index in [1.165, 1.54) is 30.8 Å². The number of benzene rings is 1. The second-order valence-corrected chi connectivity index (χ2v) is 7.55. The average molecular weight is 307 g/mol. The van der Waals surface area contributed by atoms with Crippen LogP contribution in [0.3, 0.4) is 0 Å². The molecule has 1 fully saturated rings. The highest BCUT2D eigenvalue weighted by Gasteiger charge is 2.27. The van der Waals surface area contributed by atoms with Gasteiger partial charge in [0.05, 0.1) is 0 Å². The lowest BCUT2D eigenvalue weighted by Crippen LogP contribution is -2.57. The SMILES string of the molecule is CSCCN1CC(CC(C)C)NCC1Cc1ccccc1. The summed E-state index contributed by atoms with van der Waals surface area (Å²) in [5.74, 6) is 2.01. The van der Waals surface area contributed by atoms with Crippen LogP contribution in [0, 0.1) is 5.92 Å². The minimum absolute atomic E-state index is 0.642. The molecule has 2 rings (SSSR count). The van der Waals surface area contributed by atoms with Gasteiger partial charge < -0.3 is 5.32 Å². The molecule has 118 valence electrons. The van der Waals surface area contributed by atoms with E-state index in [-0.39, 0.29) is 0 Å². The first-order chi connectivity index (χ1) is 10.2. The Hall–Kier alpha value is -0.510. The zero-order chi connectivity index (χ0) is 15.1. The van der Waals surface area contributed by atoms with Gasteiger partial charge >= 0.3 is 0 Å². The molecule has 1 aliphatic heterocycles. The summed E-state index contributed by atoms with van der Waals surface area (Å²) >= 11 is 1.96. The summed E-state index contributed by atoms with van der Waals surface area (Å²) in [6.45, 7) is 8.19. The quantitative estimate of drug-likeness (QED) is 0.832. The topological polar surface area (TPSA) is 15.3 Å². The van der Waals surface area contributed by atoms with Gasteiger partial charge in [-0.2, -0.15) is 11.8 Å². The summed E-state index contributed by atoms with van der Waals surface area (Å²) in [6, 6.07) is 12.2. The van der Waals surface area contributed by atoms with Crippen LogP contribution >= 0.6 is 11.8 Å². The first-order valence-corrected chi connectivity index (χ1v) is 9.58. The number of piperazine rings is 1. The normalized spacial score (nSPS) is 23.6. The average Bonchev–Trinajstić information content (AvgIpc) is 2.48. The van der Waals surface area contributed by atoms with Gasteiger partial charge in [0.2, 0.25) is 0 Å². The Labute approximate surface area is 134 Å². The molecule has 1 aliphatic rings. The second kappa shape index (κ2) is 8.82. The molecule has 3 heteroatoms. The van der Waals surface area contributed by atoms with Crippen molar-refractivity contribution in [2.24, 2.45) is 5.92 Å². The van der Waals surface area contributed by atoms with Gasteiger partial charge in [-0.15, -0.1) is 0 Å². The Morgan fingerprint density at radius 3 is 2.71 bits per heavy atom. The Bertz CT molecular complexity index is 393. The summed E-state index contributed by atoms with van der Waals surface area (Å²) in [5.41, 5.74) is 1.46. The third-order valence-electron chi connectivity index (χ3n) is 4.27. The molecule has 0 spiro atoms. The van der Waals surface area contributed by atoms with Crippen molar-refractivity contribution in [3.05, 3.63) is 35.9 Å². The lowest BCUT2D eigenvalue weighted by atomic mass is 9.97. The minimum atomic E-state index is 0.642. The number of hydrogen-bond acceptors (Lipinski definition) is 3. The van der Waals surface area contributed by atoms with E-state index in [2.05, 4.69) is 60.7 Å². The van der Waals surface area contributed by atoms with Crippen molar-refractivity contribution in [1.29, 1.82) is 0 Å². The highest BCUT2D eigenvalue weighted by molar-refractivity contribution is 7.98.